The summed E-state index contributed by atoms with van der Waals surface area (Å²) in [4.78, 5) is 0. The van der Waals surface area contributed by atoms with Gasteiger partial charge in [0.1, 0.15) is 0 Å². The number of nitrogens with one attached hydrogen (secondary N) is 1. The lowest BCUT2D eigenvalue weighted by atomic mass is 9.98. The Hall–Kier alpha value is -0.830. The van der Waals surface area contributed by atoms with E-state index < -0.39 is 0 Å². The summed E-state index contributed by atoms with van der Waals surface area (Å²) in [5.41, 5.74) is 1.12. The van der Waals surface area contributed by atoms with Crippen LogP contribution >= 0.6 is 0 Å². The highest BCUT2D eigenvalue weighted by atomic mass is 15.3. The van der Waals surface area contributed by atoms with Gasteiger partial charge in [-0.3, -0.25) is 4.68 Å². The van der Waals surface area contributed by atoms with Gasteiger partial charge in [-0.15, -0.1) is 0 Å². The molecular weight excluding hydrogens is 210 g/mol. The van der Waals surface area contributed by atoms with Crippen LogP contribution in [0, 0.1) is 12.8 Å². The number of aryl methyl sites for hydroxylation is 1. The maximum absolute atomic E-state index is 4.51. The molecule has 1 atom stereocenters. The number of rotatable bonds is 6. The Morgan fingerprint density at radius 1 is 1.47 bits per heavy atom. The van der Waals surface area contributed by atoms with Crippen molar-refractivity contribution in [1.82, 2.24) is 15.1 Å². The third-order valence-corrected chi connectivity index (χ3v) is 3.78. The van der Waals surface area contributed by atoms with Gasteiger partial charge in [0.05, 0.1) is 12.2 Å². The van der Waals surface area contributed by atoms with E-state index in [4.69, 9.17) is 0 Å². The van der Waals surface area contributed by atoms with Crippen LogP contribution in [0.3, 0.4) is 0 Å². The molecule has 1 aromatic heterocycles. The van der Waals surface area contributed by atoms with Crippen LogP contribution in [0.4, 0.5) is 0 Å². The molecule has 0 amide bonds. The molecule has 1 aromatic rings. The fourth-order valence-corrected chi connectivity index (χ4v) is 2.84. The van der Waals surface area contributed by atoms with Gasteiger partial charge in [-0.2, -0.15) is 5.10 Å². The Morgan fingerprint density at radius 3 is 2.82 bits per heavy atom. The fraction of sp³-hybridized carbons (Fsp3) is 0.786. The lowest BCUT2D eigenvalue weighted by molar-refractivity contribution is 0.312. The van der Waals surface area contributed by atoms with Crippen LogP contribution < -0.4 is 5.32 Å². The van der Waals surface area contributed by atoms with Gasteiger partial charge in [-0.1, -0.05) is 19.8 Å². The molecule has 1 unspecified atom stereocenters. The van der Waals surface area contributed by atoms with Crippen LogP contribution in [0.25, 0.3) is 0 Å². The van der Waals surface area contributed by atoms with E-state index >= 15 is 0 Å². The first kappa shape index (κ1) is 12.6. The zero-order valence-corrected chi connectivity index (χ0v) is 11.2. The van der Waals surface area contributed by atoms with Crippen LogP contribution in [-0.4, -0.2) is 22.4 Å². The monoisotopic (exact) mass is 235 g/mol. The Kier molecular flexibility index (Phi) is 4.60. The molecule has 0 aromatic carbocycles. The SMILES string of the molecule is CCCNC(Cn1ccc(C)n1)C1CCCC1. The minimum Gasteiger partial charge on any atom is -0.312 e. The van der Waals surface area contributed by atoms with Crippen molar-refractivity contribution in [2.24, 2.45) is 5.92 Å². The zero-order chi connectivity index (χ0) is 12.1. The van der Waals surface area contributed by atoms with E-state index in [2.05, 4.69) is 41.2 Å². The summed E-state index contributed by atoms with van der Waals surface area (Å²) >= 11 is 0. The maximum atomic E-state index is 4.51. The standard InChI is InChI=1S/C14H25N3/c1-3-9-15-14(13-6-4-5-7-13)11-17-10-8-12(2)16-17/h8,10,13-15H,3-7,9,11H2,1-2H3. The third kappa shape index (κ3) is 3.56. The summed E-state index contributed by atoms with van der Waals surface area (Å²) in [5, 5.41) is 8.21. The van der Waals surface area contributed by atoms with Crippen molar-refractivity contribution in [3.63, 3.8) is 0 Å². The van der Waals surface area contributed by atoms with E-state index in [1.54, 1.807) is 0 Å². The van der Waals surface area contributed by atoms with Crippen molar-refractivity contribution in [2.45, 2.75) is 58.5 Å². The Balaban J connectivity index is 1.94. The van der Waals surface area contributed by atoms with Crippen molar-refractivity contribution in [3.05, 3.63) is 18.0 Å². The van der Waals surface area contributed by atoms with E-state index in [0.717, 1.165) is 24.7 Å². The Bertz CT molecular complexity index is 326. The summed E-state index contributed by atoms with van der Waals surface area (Å²) in [6, 6.07) is 2.70. The molecule has 1 aliphatic rings. The van der Waals surface area contributed by atoms with E-state index in [-0.39, 0.29) is 0 Å². The number of hydrogen-bond donors (Lipinski definition) is 1. The van der Waals surface area contributed by atoms with Gasteiger partial charge in [0.2, 0.25) is 0 Å². The molecule has 0 spiro atoms. The molecule has 0 saturated heterocycles. The Labute approximate surface area is 105 Å². The van der Waals surface area contributed by atoms with Gasteiger partial charge in [-0.25, -0.2) is 0 Å². The first-order chi connectivity index (χ1) is 8.29. The molecule has 1 N–H and O–H groups in total. The summed E-state index contributed by atoms with van der Waals surface area (Å²) in [7, 11) is 0. The summed E-state index contributed by atoms with van der Waals surface area (Å²) in [6.07, 6.45) is 8.91. The smallest absolute Gasteiger partial charge is 0.0593 e. The minimum absolute atomic E-state index is 0.608. The molecule has 1 fully saturated rings. The molecule has 17 heavy (non-hydrogen) atoms. The van der Waals surface area contributed by atoms with Crippen molar-refractivity contribution < 1.29 is 0 Å². The highest BCUT2D eigenvalue weighted by Gasteiger charge is 2.24. The highest BCUT2D eigenvalue weighted by molar-refractivity contribution is 4.95. The number of hydrogen-bond acceptors (Lipinski definition) is 2. The van der Waals surface area contributed by atoms with Gasteiger partial charge in [0.15, 0.2) is 0 Å². The Morgan fingerprint density at radius 2 is 2.24 bits per heavy atom. The first-order valence-corrected chi connectivity index (χ1v) is 7.03. The van der Waals surface area contributed by atoms with Crippen molar-refractivity contribution in [3.8, 4) is 0 Å². The first-order valence-electron chi connectivity index (χ1n) is 7.03. The summed E-state index contributed by atoms with van der Waals surface area (Å²) in [5.74, 6) is 0.853. The molecule has 3 nitrogen and oxygen atoms in total. The molecule has 0 radical (unpaired) electrons. The summed E-state index contributed by atoms with van der Waals surface area (Å²) in [6.45, 7) is 6.44. The quantitative estimate of drug-likeness (QED) is 0.821. The lowest BCUT2D eigenvalue weighted by Gasteiger charge is -2.24. The zero-order valence-electron chi connectivity index (χ0n) is 11.2. The molecule has 0 bridgehead atoms. The second-order valence-corrected chi connectivity index (χ2v) is 5.28. The molecule has 1 saturated carbocycles. The van der Waals surface area contributed by atoms with Gasteiger partial charge >= 0.3 is 0 Å². The van der Waals surface area contributed by atoms with Crippen LogP contribution in [0.1, 0.15) is 44.7 Å². The minimum atomic E-state index is 0.608. The molecule has 1 heterocycles. The van der Waals surface area contributed by atoms with Crippen molar-refractivity contribution >= 4 is 0 Å². The molecule has 1 aliphatic carbocycles. The van der Waals surface area contributed by atoms with Gasteiger partial charge in [-0.05, 0) is 44.7 Å². The average molecular weight is 235 g/mol. The van der Waals surface area contributed by atoms with Gasteiger partial charge in [0.25, 0.3) is 0 Å². The largest absolute Gasteiger partial charge is 0.312 e. The average Bonchev–Trinajstić information content (AvgIpc) is 2.95. The second-order valence-electron chi connectivity index (χ2n) is 5.28. The highest BCUT2D eigenvalue weighted by Crippen LogP contribution is 2.28. The fourth-order valence-electron chi connectivity index (χ4n) is 2.84. The van der Waals surface area contributed by atoms with Crippen LogP contribution in [0.2, 0.25) is 0 Å². The predicted molar refractivity (Wildman–Crippen MR) is 71.0 cm³/mol. The second kappa shape index (κ2) is 6.20. The van der Waals surface area contributed by atoms with Crippen LogP contribution in [0.15, 0.2) is 12.3 Å². The van der Waals surface area contributed by atoms with Crippen molar-refractivity contribution in [1.29, 1.82) is 0 Å². The predicted octanol–water partition coefficient (Wildman–Crippen LogP) is 2.75. The number of aromatic nitrogens is 2. The van der Waals surface area contributed by atoms with Gasteiger partial charge in [0, 0.05) is 12.2 Å². The van der Waals surface area contributed by atoms with Crippen molar-refractivity contribution in [2.75, 3.05) is 6.54 Å². The summed E-state index contributed by atoms with van der Waals surface area (Å²) < 4.78 is 2.10. The topological polar surface area (TPSA) is 29.9 Å². The molecule has 96 valence electrons. The van der Waals surface area contributed by atoms with Crippen LogP contribution in [-0.2, 0) is 6.54 Å². The van der Waals surface area contributed by atoms with E-state index in [1.165, 1.54) is 32.1 Å². The van der Waals surface area contributed by atoms with E-state index in [0.29, 0.717) is 6.04 Å². The maximum Gasteiger partial charge on any atom is 0.0593 e. The van der Waals surface area contributed by atoms with E-state index in [1.807, 2.05) is 0 Å². The lowest BCUT2D eigenvalue weighted by Crippen LogP contribution is -2.39. The molecular formula is C14H25N3. The molecule has 3 heteroatoms. The molecule has 2 rings (SSSR count). The third-order valence-electron chi connectivity index (χ3n) is 3.78. The number of nitrogens with zero attached hydrogens (tertiary/aromatic N) is 2. The normalized spacial score (nSPS) is 18.7. The molecule has 0 aliphatic heterocycles. The van der Waals surface area contributed by atoms with Crippen LogP contribution in [0.5, 0.6) is 0 Å². The van der Waals surface area contributed by atoms with E-state index in [9.17, 15) is 0 Å². The van der Waals surface area contributed by atoms with Gasteiger partial charge < -0.3 is 5.32 Å².